The van der Waals surface area contributed by atoms with Crippen LogP contribution in [0.3, 0.4) is 0 Å². The van der Waals surface area contributed by atoms with Gasteiger partial charge in [0.05, 0.1) is 21.9 Å². The third kappa shape index (κ3) is 6.76. The number of nitro benzene ring substituents is 1. The molecule has 0 heterocycles. The molecule has 32 heavy (non-hydrogen) atoms. The zero-order valence-electron chi connectivity index (χ0n) is 16.8. The van der Waals surface area contributed by atoms with E-state index in [0.29, 0.717) is 19.6 Å². The Bertz CT molecular complexity index is 1110. The number of rotatable bonds is 11. The number of benzene rings is 2. The van der Waals surface area contributed by atoms with E-state index in [1.807, 2.05) is 0 Å². The van der Waals surface area contributed by atoms with Gasteiger partial charge in [0.15, 0.2) is 5.11 Å². The number of anilines is 2. The molecular weight excluding hydrogens is 462 g/mol. The zero-order chi connectivity index (χ0) is 23.7. The van der Waals surface area contributed by atoms with Crippen molar-refractivity contribution in [1.82, 2.24) is 10.7 Å². The molecule has 0 unspecified atom stereocenters. The number of ether oxygens (including phenoxy) is 1. The summed E-state index contributed by atoms with van der Waals surface area (Å²) in [5.41, 5.74) is 4.22. The molecule has 0 saturated heterocycles. The maximum Gasteiger partial charge on any atom is 0.337 e. The number of hydrogen-bond acceptors (Lipinski definition) is 8. The van der Waals surface area contributed by atoms with Gasteiger partial charge >= 0.3 is 5.97 Å². The van der Waals surface area contributed by atoms with E-state index in [-0.39, 0.29) is 22.1 Å². The molecule has 0 spiro atoms. The van der Waals surface area contributed by atoms with Crippen LogP contribution in [0.4, 0.5) is 17.1 Å². The van der Waals surface area contributed by atoms with Gasteiger partial charge in [-0.1, -0.05) is 12.1 Å². The van der Waals surface area contributed by atoms with Gasteiger partial charge in [0.25, 0.3) is 15.7 Å². The Balaban J connectivity index is 2.30. The van der Waals surface area contributed by atoms with Crippen LogP contribution < -0.4 is 20.9 Å². The van der Waals surface area contributed by atoms with Gasteiger partial charge in [-0.3, -0.25) is 25.7 Å². The summed E-state index contributed by atoms with van der Waals surface area (Å²) in [5, 5.41) is 23.5. The molecule has 14 heteroatoms. The summed E-state index contributed by atoms with van der Waals surface area (Å²) in [4.78, 5) is 21.3. The van der Waals surface area contributed by atoms with Crippen molar-refractivity contribution in [2.45, 2.75) is 11.3 Å². The average molecular weight is 484 g/mol. The van der Waals surface area contributed by atoms with Crippen molar-refractivity contribution in [2.75, 3.05) is 30.4 Å². The monoisotopic (exact) mass is 483 g/mol. The Morgan fingerprint density at radius 2 is 1.94 bits per heavy atom. The highest BCUT2D eigenvalue weighted by atomic mass is 32.2. The number of methoxy groups -OCH3 is 1. The van der Waals surface area contributed by atoms with Crippen LogP contribution in [0, 0.1) is 10.1 Å². The quantitative estimate of drug-likeness (QED) is 0.137. The molecule has 0 aliphatic heterocycles. The summed E-state index contributed by atoms with van der Waals surface area (Å²) in [6, 6.07) is 8.54. The van der Waals surface area contributed by atoms with Gasteiger partial charge in [-0.05, 0) is 36.8 Å². The van der Waals surface area contributed by atoms with E-state index in [4.69, 9.17) is 17.0 Å². The lowest BCUT2D eigenvalue weighted by molar-refractivity contribution is -0.385. The molecule has 5 N–H and O–H groups in total. The predicted molar refractivity (Wildman–Crippen MR) is 121 cm³/mol. The lowest BCUT2D eigenvalue weighted by Crippen LogP contribution is -2.39. The molecule has 0 aromatic heterocycles. The normalized spacial score (nSPS) is 10.8. The Morgan fingerprint density at radius 1 is 1.22 bits per heavy atom. The van der Waals surface area contributed by atoms with Crippen LogP contribution in [-0.2, 0) is 14.8 Å². The Labute approximate surface area is 189 Å². The molecule has 12 nitrogen and oxygen atoms in total. The standard InChI is InChI=1S/C18H21N5O7S2/c1-30-10-4-9-19-18(31)21-20-15-8-7-12(23(26)27)11-16(15)32(28,29)22-14-6-3-2-5-13(14)17(24)25/h2-3,5-8,11,20,22H,4,9-10H2,1H3,(H,24,25)(H2,19,21,31). The SMILES string of the molecule is COCCCNC(=S)NNc1ccc([N+](=O)[O-])cc1S(=O)(=O)Nc1ccccc1C(=O)O. The molecule has 0 fully saturated rings. The first-order valence-electron chi connectivity index (χ1n) is 9.08. The number of sulfonamides is 1. The van der Waals surface area contributed by atoms with Crippen molar-refractivity contribution < 1.29 is 28.0 Å². The van der Waals surface area contributed by atoms with E-state index >= 15 is 0 Å². The van der Waals surface area contributed by atoms with Gasteiger partial charge in [0.1, 0.15) is 4.90 Å². The molecule has 0 aliphatic rings. The number of carboxylic acid groups (broad SMARTS) is 1. The molecule has 2 aromatic carbocycles. The number of thiocarbonyl (C=S) groups is 1. The van der Waals surface area contributed by atoms with E-state index in [9.17, 15) is 28.4 Å². The number of carbonyl (C=O) groups is 1. The van der Waals surface area contributed by atoms with Crippen LogP contribution in [0.1, 0.15) is 16.8 Å². The number of nitrogens with zero attached hydrogens (tertiary/aromatic N) is 1. The van der Waals surface area contributed by atoms with Gasteiger partial charge < -0.3 is 15.2 Å². The van der Waals surface area contributed by atoms with E-state index in [0.717, 1.165) is 12.1 Å². The number of aromatic carboxylic acids is 1. The van der Waals surface area contributed by atoms with Crippen molar-refractivity contribution >= 4 is 50.4 Å². The number of nitro groups is 1. The van der Waals surface area contributed by atoms with Crippen molar-refractivity contribution in [3.8, 4) is 0 Å². The molecule has 0 amide bonds. The van der Waals surface area contributed by atoms with Crippen LogP contribution >= 0.6 is 12.2 Å². The highest BCUT2D eigenvalue weighted by Gasteiger charge is 2.24. The summed E-state index contributed by atoms with van der Waals surface area (Å²) < 4.78 is 33.1. The second kappa shape index (κ2) is 11.2. The largest absolute Gasteiger partial charge is 0.478 e. The van der Waals surface area contributed by atoms with E-state index < -0.39 is 31.5 Å². The number of nitrogens with one attached hydrogen (secondary N) is 4. The number of hydrazine groups is 1. The van der Waals surface area contributed by atoms with Crippen molar-refractivity contribution in [3.63, 3.8) is 0 Å². The summed E-state index contributed by atoms with van der Waals surface area (Å²) in [5.74, 6) is -1.34. The van der Waals surface area contributed by atoms with Crippen LogP contribution in [0.5, 0.6) is 0 Å². The van der Waals surface area contributed by atoms with Gasteiger partial charge in [0.2, 0.25) is 0 Å². The summed E-state index contributed by atoms with van der Waals surface area (Å²) in [6.45, 7) is 1.03. The minimum atomic E-state index is -4.43. The van der Waals surface area contributed by atoms with Crippen molar-refractivity contribution in [3.05, 3.63) is 58.1 Å². The lowest BCUT2D eigenvalue weighted by Gasteiger charge is -2.16. The van der Waals surface area contributed by atoms with Gasteiger partial charge in [0, 0.05) is 32.4 Å². The third-order valence-corrected chi connectivity index (χ3v) is 5.64. The highest BCUT2D eigenvalue weighted by Crippen LogP contribution is 2.28. The number of carboxylic acids is 1. The topological polar surface area (TPSA) is 172 Å². The number of para-hydroxylation sites is 1. The molecule has 172 valence electrons. The maximum absolute atomic E-state index is 13.0. The van der Waals surface area contributed by atoms with Crippen LogP contribution in [0.15, 0.2) is 47.4 Å². The number of hydrogen-bond donors (Lipinski definition) is 5. The maximum atomic E-state index is 13.0. The first-order chi connectivity index (χ1) is 15.2. The van der Waals surface area contributed by atoms with Crippen molar-refractivity contribution in [1.29, 1.82) is 0 Å². The van der Waals surface area contributed by atoms with E-state index in [1.54, 1.807) is 7.11 Å². The first-order valence-corrected chi connectivity index (χ1v) is 11.0. The van der Waals surface area contributed by atoms with Crippen LogP contribution in [-0.4, -0.2) is 49.8 Å². The Morgan fingerprint density at radius 3 is 2.59 bits per heavy atom. The van der Waals surface area contributed by atoms with Gasteiger partial charge in [-0.25, -0.2) is 13.2 Å². The second-order valence-corrected chi connectivity index (χ2v) is 8.31. The summed E-state index contributed by atoms with van der Waals surface area (Å²) in [6.07, 6.45) is 0.683. The second-order valence-electron chi connectivity index (χ2n) is 6.25. The van der Waals surface area contributed by atoms with Gasteiger partial charge in [-0.15, -0.1) is 0 Å². The fraction of sp³-hybridized carbons (Fsp3) is 0.222. The Kier molecular flexibility index (Phi) is 8.69. The van der Waals surface area contributed by atoms with Crippen LogP contribution in [0.2, 0.25) is 0 Å². The molecule has 0 aliphatic carbocycles. The molecule has 2 rings (SSSR count). The minimum absolute atomic E-state index is 0.0445. The summed E-state index contributed by atoms with van der Waals surface area (Å²) >= 11 is 5.09. The molecule has 2 aromatic rings. The average Bonchev–Trinajstić information content (AvgIpc) is 2.75. The summed E-state index contributed by atoms with van der Waals surface area (Å²) in [7, 11) is -2.86. The third-order valence-electron chi connectivity index (χ3n) is 3.99. The molecular formula is C18H21N5O7S2. The fourth-order valence-corrected chi connectivity index (χ4v) is 3.91. The first kappa shape index (κ1) is 24.8. The predicted octanol–water partition coefficient (Wildman–Crippen LogP) is 1.92. The van der Waals surface area contributed by atoms with E-state index in [2.05, 4.69) is 20.9 Å². The molecule has 0 radical (unpaired) electrons. The zero-order valence-corrected chi connectivity index (χ0v) is 18.5. The smallest absolute Gasteiger partial charge is 0.337 e. The molecule has 0 bridgehead atoms. The highest BCUT2D eigenvalue weighted by molar-refractivity contribution is 7.93. The Hall–Kier alpha value is -3.49. The fourth-order valence-electron chi connectivity index (χ4n) is 2.50. The lowest BCUT2D eigenvalue weighted by atomic mass is 10.2. The minimum Gasteiger partial charge on any atom is -0.478 e. The van der Waals surface area contributed by atoms with E-state index in [1.165, 1.54) is 30.3 Å². The number of non-ortho nitro benzene ring substituents is 1. The van der Waals surface area contributed by atoms with Gasteiger partial charge in [-0.2, -0.15) is 0 Å². The van der Waals surface area contributed by atoms with Crippen LogP contribution in [0.25, 0.3) is 0 Å². The van der Waals surface area contributed by atoms with Crippen molar-refractivity contribution in [2.24, 2.45) is 0 Å². The molecule has 0 atom stereocenters. The molecule has 0 saturated carbocycles.